The number of aromatic amines is 1. The Bertz CT molecular complexity index is 1250. The van der Waals surface area contributed by atoms with Gasteiger partial charge in [0.2, 0.25) is 0 Å². The van der Waals surface area contributed by atoms with Crippen LogP contribution >= 0.6 is 0 Å². The molecule has 0 bridgehead atoms. The third kappa shape index (κ3) is 3.37. The molecule has 0 fully saturated rings. The summed E-state index contributed by atoms with van der Waals surface area (Å²) in [5.74, 6) is -0.773. The van der Waals surface area contributed by atoms with Gasteiger partial charge in [0.25, 0.3) is 5.56 Å². The first kappa shape index (κ1) is 16.8. The Labute approximate surface area is 152 Å². The largest absolute Gasteiger partial charge is 0.457 e. The Hall–Kier alpha value is -3.68. The van der Waals surface area contributed by atoms with Crippen LogP contribution < -0.4 is 11.3 Å². The first-order valence-corrected chi connectivity index (χ1v) is 8.34. The average molecular weight is 365 g/mol. The lowest BCUT2D eigenvalue weighted by atomic mass is 10.2. The van der Waals surface area contributed by atoms with Crippen molar-refractivity contribution in [1.29, 1.82) is 0 Å². The molecular weight excluding hydrogens is 350 g/mol. The smallest absolute Gasteiger partial charge is 0.419 e. The summed E-state index contributed by atoms with van der Waals surface area (Å²) in [5, 5.41) is 0.471. The highest BCUT2D eigenvalue weighted by atomic mass is 16.5. The van der Waals surface area contributed by atoms with Crippen LogP contribution in [-0.4, -0.2) is 20.5 Å². The fourth-order valence-corrected chi connectivity index (χ4v) is 2.85. The summed E-state index contributed by atoms with van der Waals surface area (Å²) in [6, 6.07) is 13.9. The van der Waals surface area contributed by atoms with Gasteiger partial charge in [-0.15, -0.1) is 0 Å². The fourth-order valence-electron chi connectivity index (χ4n) is 2.85. The number of ether oxygens (including phenoxy) is 1. The molecule has 0 aliphatic heterocycles. The minimum atomic E-state index is -0.524. The molecule has 0 unspecified atom stereocenters. The molecule has 0 saturated heterocycles. The number of rotatable bonds is 5. The number of fused-ring (bicyclic) bond motifs is 2. The van der Waals surface area contributed by atoms with Gasteiger partial charge in [-0.2, -0.15) is 0 Å². The van der Waals surface area contributed by atoms with E-state index in [0.717, 1.165) is 0 Å². The number of oxazole rings is 1. The molecule has 27 heavy (non-hydrogen) atoms. The highest BCUT2D eigenvalue weighted by molar-refractivity contribution is 5.77. The van der Waals surface area contributed by atoms with E-state index in [4.69, 9.17) is 9.15 Å². The van der Waals surface area contributed by atoms with Gasteiger partial charge in [0.05, 0.1) is 22.8 Å². The van der Waals surface area contributed by atoms with Gasteiger partial charge in [-0.1, -0.05) is 24.3 Å². The monoisotopic (exact) mass is 365 g/mol. The van der Waals surface area contributed by atoms with E-state index in [9.17, 15) is 14.4 Å². The predicted molar refractivity (Wildman–Crippen MR) is 97.3 cm³/mol. The van der Waals surface area contributed by atoms with Crippen LogP contribution in [0.3, 0.4) is 0 Å². The van der Waals surface area contributed by atoms with Crippen LogP contribution in [0.5, 0.6) is 0 Å². The molecule has 0 atom stereocenters. The number of aromatic nitrogens is 3. The number of nitrogens with zero attached hydrogens (tertiary/aromatic N) is 2. The second kappa shape index (κ2) is 6.91. The quantitative estimate of drug-likeness (QED) is 0.542. The lowest BCUT2D eigenvalue weighted by Gasteiger charge is -2.06. The number of esters is 1. The molecule has 0 radical (unpaired) electrons. The van der Waals surface area contributed by atoms with Crippen LogP contribution in [0.2, 0.25) is 0 Å². The highest BCUT2D eigenvalue weighted by Crippen LogP contribution is 2.12. The second-order valence-corrected chi connectivity index (χ2v) is 5.93. The number of hydrogen-bond donors (Lipinski definition) is 1. The highest BCUT2D eigenvalue weighted by Gasteiger charge is 2.12. The Morgan fingerprint density at radius 2 is 1.89 bits per heavy atom. The summed E-state index contributed by atoms with van der Waals surface area (Å²) in [5.41, 5.74) is 1.33. The maximum atomic E-state index is 12.0. The number of para-hydroxylation sites is 3. The summed E-state index contributed by atoms with van der Waals surface area (Å²) in [6.45, 7) is -0.0176. The first-order valence-electron chi connectivity index (χ1n) is 8.34. The van der Waals surface area contributed by atoms with Gasteiger partial charge >= 0.3 is 11.7 Å². The standard InChI is InChI=1S/C19H15N3O5/c23-17(9-10-22-14-7-3-4-8-15(14)27-19(22)25)26-11-16-20-13-6-2-1-5-12(13)18(24)21-16/h1-8H,9-11H2,(H,20,21,24). The van der Waals surface area contributed by atoms with E-state index >= 15 is 0 Å². The van der Waals surface area contributed by atoms with Gasteiger partial charge in [-0.25, -0.2) is 9.78 Å². The second-order valence-electron chi connectivity index (χ2n) is 5.93. The fraction of sp³-hybridized carbons (Fsp3) is 0.158. The van der Waals surface area contributed by atoms with Gasteiger partial charge in [0.15, 0.2) is 5.58 Å². The van der Waals surface area contributed by atoms with Crippen molar-refractivity contribution in [2.45, 2.75) is 19.6 Å². The zero-order valence-electron chi connectivity index (χ0n) is 14.2. The number of hydrogen-bond acceptors (Lipinski definition) is 6. The minimum Gasteiger partial charge on any atom is -0.457 e. The van der Waals surface area contributed by atoms with Crippen molar-refractivity contribution < 1.29 is 13.9 Å². The molecule has 0 spiro atoms. The molecule has 1 N–H and O–H groups in total. The van der Waals surface area contributed by atoms with Gasteiger partial charge in [0, 0.05) is 6.54 Å². The van der Waals surface area contributed by atoms with E-state index in [1.54, 1.807) is 48.5 Å². The number of aryl methyl sites for hydroxylation is 1. The maximum absolute atomic E-state index is 12.0. The molecule has 0 saturated carbocycles. The predicted octanol–water partition coefficient (Wildman–Crippen LogP) is 1.96. The molecule has 0 aliphatic rings. The first-order chi connectivity index (χ1) is 13.1. The zero-order valence-corrected chi connectivity index (χ0v) is 14.2. The molecule has 2 aromatic heterocycles. The third-order valence-corrected chi connectivity index (χ3v) is 4.15. The van der Waals surface area contributed by atoms with Crippen molar-refractivity contribution in [2.75, 3.05) is 0 Å². The van der Waals surface area contributed by atoms with Crippen LogP contribution in [0.15, 0.2) is 62.5 Å². The van der Waals surface area contributed by atoms with Crippen molar-refractivity contribution >= 4 is 28.0 Å². The Morgan fingerprint density at radius 3 is 2.78 bits per heavy atom. The summed E-state index contributed by atoms with van der Waals surface area (Å²) >= 11 is 0. The Balaban J connectivity index is 1.42. The Kier molecular flexibility index (Phi) is 4.29. The third-order valence-electron chi connectivity index (χ3n) is 4.15. The lowest BCUT2D eigenvalue weighted by Crippen LogP contribution is -2.18. The van der Waals surface area contributed by atoms with Gasteiger partial charge in [0.1, 0.15) is 12.4 Å². The number of carbonyl (C=O) groups excluding carboxylic acids is 1. The van der Waals surface area contributed by atoms with Crippen LogP contribution in [-0.2, 0) is 22.7 Å². The topological polar surface area (TPSA) is 107 Å². The number of nitrogens with one attached hydrogen (secondary N) is 1. The molecule has 0 amide bonds. The lowest BCUT2D eigenvalue weighted by molar-refractivity contribution is -0.145. The van der Waals surface area contributed by atoms with Crippen molar-refractivity contribution in [3.63, 3.8) is 0 Å². The van der Waals surface area contributed by atoms with Crippen LogP contribution in [0.1, 0.15) is 12.2 Å². The maximum Gasteiger partial charge on any atom is 0.419 e. The molecule has 4 aromatic rings. The molecule has 8 nitrogen and oxygen atoms in total. The molecule has 2 aromatic carbocycles. The minimum absolute atomic E-state index is 0.0127. The van der Waals surface area contributed by atoms with Crippen LogP contribution in [0.25, 0.3) is 22.0 Å². The van der Waals surface area contributed by atoms with E-state index in [1.165, 1.54) is 4.57 Å². The Morgan fingerprint density at radius 1 is 1.11 bits per heavy atom. The van der Waals surface area contributed by atoms with Crippen LogP contribution in [0.4, 0.5) is 0 Å². The number of H-pyrrole nitrogens is 1. The van der Waals surface area contributed by atoms with E-state index in [2.05, 4.69) is 9.97 Å². The van der Waals surface area contributed by atoms with Gasteiger partial charge in [-0.3, -0.25) is 14.2 Å². The van der Waals surface area contributed by atoms with E-state index in [-0.39, 0.29) is 31.0 Å². The van der Waals surface area contributed by atoms with Crippen molar-refractivity contribution in [1.82, 2.24) is 14.5 Å². The molecule has 0 aliphatic carbocycles. The van der Waals surface area contributed by atoms with Crippen molar-refractivity contribution in [3.8, 4) is 0 Å². The van der Waals surface area contributed by atoms with Crippen molar-refractivity contribution in [2.24, 2.45) is 0 Å². The number of carbonyl (C=O) groups is 1. The van der Waals surface area contributed by atoms with E-state index in [1.807, 2.05) is 0 Å². The molecule has 8 heteroatoms. The molecular formula is C19H15N3O5. The summed E-state index contributed by atoms with van der Waals surface area (Å²) in [4.78, 5) is 42.8. The van der Waals surface area contributed by atoms with Gasteiger partial charge < -0.3 is 14.1 Å². The van der Waals surface area contributed by atoms with E-state index < -0.39 is 11.7 Å². The average Bonchev–Trinajstić information content (AvgIpc) is 3.00. The van der Waals surface area contributed by atoms with Gasteiger partial charge in [-0.05, 0) is 24.3 Å². The van der Waals surface area contributed by atoms with Crippen LogP contribution in [0, 0.1) is 0 Å². The summed E-state index contributed by atoms with van der Waals surface area (Å²) in [6.07, 6.45) is -0.0127. The normalized spacial score (nSPS) is 11.1. The van der Waals surface area contributed by atoms with Crippen molar-refractivity contribution in [3.05, 3.63) is 75.3 Å². The summed E-state index contributed by atoms with van der Waals surface area (Å²) in [7, 11) is 0. The number of benzene rings is 2. The zero-order chi connectivity index (χ0) is 18.8. The van der Waals surface area contributed by atoms with E-state index in [0.29, 0.717) is 22.0 Å². The molecule has 4 rings (SSSR count). The molecule has 2 heterocycles. The summed E-state index contributed by atoms with van der Waals surface area (Å²) < 4.78 is 11.7. The molecule has 136 valence electrons. The SMILES string of the molecule is O=C(CCn1c(=O)oc2ccccc21)OCc1nc2ccccc2c(=O)[nH]1.